The molecule has 2 rings (SSSR count). The summed E-state index contributed by atoms with van der Waals surface area (Å²) in [5.41, 5.74) is 0.474. The van der Waals surface area contributed by atoms with Crippen LogP contribution in [0, 0.1) is 19.7 Å². The van der Waals surface area contributed by atoms with Crippen molar-refractivity contribution in [3.05, 3.63) is 29.1 Å². The average Bonchev–Trinajstić information content (AvgIpc) is 2.75. The topological polar surface area (TPSA) is 46.2 Å². The monoisotopic (exact) mass is 363 g/mol. The molecule has 1 aliphatic rings. The molecule has 112 valence electrons. The van der Waals surface area contributed by atoms with Crippen LogP contribution >= 0.6 is 15.9 Å². The SMILES string of the molecule is Cc1cc(F)cc(C)c1S(=O)(=O)NC1(CBr)CCCC1. The normalized spacial score (nSPS) is 18.4. The van der Waals surface area contributed by atoms with Crippen LogP contribution in [-0.4, -0.2) is 19.3 Å². The molecule has 1 aliphatic carbocycles. The predicted molar refractivity (Wildman–Crippen MR) is 81.2 cm³/mol. The van der Waals surface area contributed by atoms with Gasteiger partial charge in [-0.25, -0.2) is 17.5 Å². The van der Waals surface area contributed by atoms with E-state index in [2.05, 4.69) is 20.7 Å². The number of sulfonamides is 1. The summed E-state index contributed by atoms with van der Waals surface area (Å²) in [5.74, 6) is -0.407. The Kier molecular flexibility index (Phi) is 4.56. The van der Waals surface area contributed by atoms with Crippen LogP contribution in [0.25, 0.3) is 0 Å². The molecule has 6 heteroatoms. The van der Waals surface area contributed by atoms with Crippen molar-refractivity contribution in [1.29, 1.82) is 0 Å². The Morgan fingerprint density at radius 1 is 1.25 bits per heavy atom. The lowest BCUT2D eigenvalue weighted by Gasteiger charge is -2.28. The molecule has 0 aromatic heterocycles. The molecule has 0 bridgehead atoms. The third kappa shape index (κ3) is 3.07. The maximum absolute atomic E-state index is 13.3. The molecule has 1 aromatic carbocycles. The van der Waals surface area contributed by atoms with Gasteiger partial charge in [-0.3, -0.25) is 0 Å². The first-order chi connectivity index (χ1) is 9.30. The summed E-state index contributed by atoms with van der Waals surface area (Å²) < 4.78 is 41.5. The molecule has 3 nitrogen and oxygen atoms in total. The maximum atomic E-state index is 13.3. The van der Waals surface area contributed by atoms with Gasteiger partial charge in [0.1, 0.15) is 5.82 Å². The van der Waals surface area contributed by atoms with Crippen molar-refractivity contribution < 1.29 is 12.8 Å². The third-order valence-corrected chi connectivity index (χ3v) is 6.82. The van der Waals surface area contributed by atoms with Gasteiger partial charge in [0.15, 0.2) is 0 Å². The Morgan fingerprint density at radius 3 is 2.20 bits per heavy atom. The highest BCUT2D eigenvalue weighted by Gasteiger charge is 2.37. The van der Waals surface area contributed by atoms with Crippen LogP contribution in [-0.2, 0) is 10.0 Å². The van der Waals surface area contributed by atoms with Gasteiger partial charge in [-0.15, -0.1) is 0 Å². The first kappa shape index (κ1) is 15.9. The molecule has 0 spiro atoms. The molecule has 20 heavy (non-hydrogen) atoms. The first-order valence-corrected chi connectivity index (χ1v) is 9.27. The summed E-state index contributed by atoms with van der Waals surface area (Å²) in [5, 5.41) is 0.596. The zero-order valence-corrected chi connectivity index (χ0v) is 14.1. The highest BCUT2D eigenvalue weighted by molar-refractivity contribution is 9.09. The smallest absolute Gasteiger partial charge is 0.207 e. The van der Waals surface area contributed by atoms with Crippen LogP contribution in [0.5, 0.6) is 0 Å². The number of rotatable bonds is 4. The molecule has 0 saturated heterocycles. The fourth-order valence-corrected chi connectivity index (χ4v) is 5.77. The van der Waals surface area contributed by atoms with Crippen LogP contribution in [0.3, 0.4) is 0 Å². The molecule has 1 fully saturated rings. The molecular weight excluding hydrogens is 345 g/mol. The Balaban J connectivity index is 2.41. The van der Waals surface area contributed by atoms with Crippen LogP contribution in [0.1, 0.15) is 36.8 Å². The van der Waals surface area contributed by atoms with Gasteiger partial charge in [0.05, 0.1) is 4.90 Å². The van der Waals surface area contributed by atoms with E-state index in [4.69, 9.17) is 0 Å². The lowest BCUT2D eigenvalue weighted by Crippen LogP contribution is -2.47. The van der Waals surface area contributed by atoms with E-state index in [0.29, 0.717) is 16.5 Å². The van der Waals surface area contributed by atoms with Crippen LogP contribution in [0.2, 0.25) is 0 Å². The van der Waals surface area contributed by atoms with Gasteiger partial charge in [-0.2, -0.15) is 0 Å². The fraction of sp³-hybridized carbons (Fsp3) is 0.571. The minimum absolute atomic E-state index is 0.200. The third-order valence-electron chi connectivity index (χ3n) is 3.86. The number of hydrogen-bond acceptors (Lipinski definition) is 2. The van der Waals surface area contributed by atoms with Crippen molar-refractivity contribution in [2.45, 2.75) is 50.0 Å². The summed E-state index contributed by atoms with van der Waals surface area (Å²) in [7, 11) is -3.64. The van der Waals surface area contributed by atoms with Crippen molar-refractivity contribution in [2.24, 2.45) is 0 Å². The minimum atomic E-state index is -3.64. The zero-order valence-electron chi connectivity index (χ0n) is 11.7. The second kappa shape index (κ2) is 5.73. The molecule has 1 saturated carbocycles. The van der Waals surface area contributed by atoms with Crippen LogP contribution < -0.4 is 4.72 Å². The quantitative estimate of drug-likeness (QED) is 0.832. The van der Waals surface area contributed by atoms with Gasteiger partial charge in [-0.1, -0.05) is 28.8 Å². The van der Waals surface area contributed by atoms with Crippen molar-refractivity contribution in [2.75, 3.05) is 5.33 Å². The van der Waals surface area contributed by atoms with E-state index in [1.54, 1.807) is 13.8 Å². The number of aryl methyl sites for hydroxylation is 2. The summed E-state index contributed by atoms with van der Waals surface area (Å²) >= 11 is 3.42. The molecule has 0 atom stereocenters. The van der Waals surface area contributed by atoms with E-state index in [1.165, 1.54) is 12.1 Å². The Bertz CT molecular complexity index is 587. The van der Waals surface area contributed by atoms with Gasteiger partial charge >= 0.3 is 0 Å². The molecule has 0 aliphatic heterocycles. The largest absolute Gasteiger partial charge is 0.241 e. The van der Waals surface area contributed by atoms with Gasteiger partial charge in [-0.05, 0) is 49.9 Å². The second-order valence-corrected chi connectivity index (χ2v) is 7.78. The minimum Gasteiger partial charge on any atom is -0.207 e. The van der Waals surface area contributed by atoms with Crippen molar-refractivity contribution in [3.8, 4) is 0 Å². The highest BCUT2D eigenvalue weighted by Crippen LogP contribution is 2.33. The van der Waals surface area contributed by atoms with Crippen LogP contribution in [0.4, 0.5) is 4.39 Å². The number of benzene rings is 1. The molecule has 0 amide bonds. The van der Waals surface area contributed by atoms with Gasteiger partial charge in [0.25, 0.3) is 0 Å². The number of nitrogens with one attached hydrogen (secondary N) is 1. The molecule has 0 unspecified atom stereocenters. The summed E-state index contributed by atoms with van der Waals surface area (Å²) in [6.45, 7) is 3.25. The lowest BCUT2D eigenvalue weighted by molar-refractivity contribution is 0.437. The Labute approximate surface area is 128 Å². The second-order valence-electron chi connectivity index (χ2n) is 5.60. The highest BCUT2D eigenvalue weighted by atomic mass is 79.9. The molecule has 1 N–H and O–H groups in total. The van der Waals surface area contributed by atoms with Gasteiger partial charge in [0, 0.05) is 10.9 Å². The standard InChI is InChI=1S/C14H19BrFNO2S/c1-10-7-12(16)8-11(2)13(10)20(18,19)17-14(9-15)5-3-4-6-14/h7-8,17H,3-6,9H2,1-2H3. The van der Waals surface area contributed by atoms with Crippen LogP contribution in [0.15, 0.2) is 17.0 Å². The molecule has 0 radical (unpaired) electrons. The van der Waals surface area contributed by atoms with Crippen molar-refractivity contribution in [1.82, 2.24) is 4.72 Å². The molecular formula is C14H19BrFNO2S. The summed E-state index contributed by atoms with van der Waals surface area (Å²) in [6.07, 6.45) is 3.71. The van der Waals surface area contributed by atoms with Crippen molar-refractivity contribution >= 4 is 26.0 Å². The predicted octanol–water partition coefficient (Wildman–Crippen LogP) is 3.43. The Hall–Kier alpha value is -0.460. The fourth-order valence-electron chi connectivity index (χ4n) is 2.97. The molecule has 1 aromatic rings. The van der Waals surface area contributed by atoms with E-state index < -0.39 is 21.4 Å². The van der Waals surface area contributed by atoms with E-state index in [1.807, 2.05) is 0 Å². The lowest BCUT2D eigenvalue weighted by atomic mass is 10.0. The number of hydrogen-bond donors (Lipinski definition) is 1. The number of alkyl halides is 1. The number of halogens is 2. The van der Waals surface area contributed by atoms with E-state index in [9.17, 15) is 12.8 Å². The van der Waals surface area contributed by atoms with Gasteiger partial charge < -0.3 is 0 Å². The van der Waals surface area contributed by atoms with E-state index in [0.717, 1.165) is 25.7 Å². The summed E-state index contributed by atoms with van der Waals surface area (Å²) in [4.78, 5) is 0.200. The van der Waals surface area contributed by atoms with Gasteiger partial charge in [0.2, 0.25) is 10.0 Å². The Morgan fingerprint density at radius 2 is 1.75 bits per heavy atom. The average molecular weight is 364 g/mol. The molecule has 0 heterocycles. The zero-order chi connectivity index (χ0) is 15.0. The van der Waals surface area contributed by atoms with E-state index in [-0.39, 0.29) is 4.90 Å². The first-order valence-electron chi connectivity index (χ1n) is 6.66. The maximum Gasteiger partial charge on any atom is 0.241 e. The van der Waals surface area contributed by atoms with Crippen molar-refractivity contribution in [3.63, 3.8) is 0 Å². The summed E-state index contributed by atoms with van der Waals surface area (Å²) in [6, 6.07) is 2.52. The van der Waals surface area contributed by atoms with E-state index >= 15 is 0 Å².